The summed E-state index contributed by atoms with van der Waals surface area (Å²) in [4.78, 5) is 25.5. The maximum atomic E-state index is 11.9. The lowest BCUT2D eigenvalue weighted by atomic mass is 10.2. The first kappa shape index (κ1) is 16.0. The molecule has 1 aliphatic rings. The van der Waals surface area contributed by atoms with Crippen LogP contribution in [0.3, 0.4) is 0 Å². The van der Waals surface area contributed by atoms with Crippen molar-refractivity contribution in [2.24, 2.45) is 0 Å². The number of hydrogen-bond donors (Lipinski definition) is 2. The number of carbonyl (C=O) groups excluding carboxylic acids is 2. The van der Waals surface area contributed by atoms with Crippen LogP contribution in [0, 0.1) is 0 Å². The number of amides is 2. The van der Waals surface area contributed by atoms with Gasteiger partial charge in [-0.2, -0.15) is 0 Å². The Morgan fingerprint density at radius 2 is 1.79 bits per heavy atom. The Kier molecular flexibility index (Phi) is 6.84. The average Bonchev–Trinajstić information content (AvgIpc) is 2.90. The summed E-state index contributed by atoms with van der Waals surface area (Å²) < 4.78 is 0. The largest absolute Gasteiger partial charge is 0.352 e. The predicted octanol–water partition coefficient (Wildman–Crippen LogP) is 0.892. The van der Waals surface area contributed by atoms with Gasteiger partial charge in [0.05, 0.1) is 12.6 Å². The van der Waals surface area contributed by atoms with Gasteiger partial charge < -0.3 is 10.2 Å². The summed E-state index contributed by atoms with van der Waals surface area (Å²) in [6.45, 7) is 7.36. The van der Waals surface area contributed by atoms with Crippen LogP contribution < -0.4 is 10.6 Å². The number of rotatable bonds is 7. The lowest BCUT2D eigenvalue weighted by Gasteiger charge is -2.21. The van der Waals surface area contributed by atoms with Crippen molar-refractivity contribution in [1.29, 1.82) is 0 Å². The van der Waals surface area contributed by atoms with Crippen LogP contribution in [0.2, 0.25) is 0 Å². The fraction of sp³-hybridized carbons (Fsp3) is 0.857. The van der Waals surface area contributed by atoms with Crippen molar-refractivity contribution < 1.29 is 9.59 Å². The molecular weight excluding hydrogens is 242 g/mol. The standard InChI is InChI=1S/C14H27N3O2/c1-4-17(5-2)13(18)10-15-11(3)14(19)16-12-8-6-7-9-12/h11-12,15H,4-10H2,1-3H3,(H,16,19). The summed E-state index contributed by atoms with van der Waals surface area (Å²) in [5.74, 6) is 0.0461. The summed E-state index contributed by atoms with van der Waals surface area (Å²) in [5.41, 5.74) is 0. The second-order valence-corrected chi connectivity index (χ2v) is 5.16. The van der Waals surface area contributed by atoms with Crippen molar-refractivity contribution in [3.8, 4) is 0 Å². The molecule has 1 fully saturated rings. The number of nitrogens with one attached hydrogen (secondary N) is 2. The van der Waals surface area contributed by atoms with Gasteiger partial charge in [-0.3, -0.25) is 14.9 Å². The van der Waals surface area contributed by atoms with E-state index in [1.165, 1.54) is 12.8 Å². The quantitative estimate of drug-likeness (QED) is 0.721. The number of hydrogen-bond acceptors (Lipinski definition) is 3. The molecule has 0 bridgehead atoms. The molecule has 0 aliphatic heterocycles. The van der Waals surface area contributed by atoms with E-state index in [-0.39, 0.29) is 24.4 Å². The summed E-state index contributed by atoms with van der Waals surface area (Å²) in [5, 5.41) is 6.04. The zero-order valence-electron chi connectivity index (χ0n) is 12.4. The highest BCUT2D eigenvalue weighted by Crippen LogP contribution is 2.17. The zero-order valence-corrected chi connectivity index (χ0v) is 12.4. The minimum Gasteiger partial charge on any atom is -0.352 e. The van der Waals surface area contributed by atoms with Crippen molar-refractivity contribution in [2.45, 2.75) is 58.5 Å². The summed E-state index contributed by atoms with van der Waals surface area (Å²) in [7, 11) is 0. The van der Waals surface area contributed by atoms with Gasteiger partial charge in [0, 0.05) is 19.1 Å². The van der Waals surface area contributed by atoms with Crippen molar-refractivity contribution in [3.63, 3.8) is 0 Å². The molecule has 0 heterocycles. The van der Waals surface area contributed by atoms with Crippen LogP contribution in [0.25, 0.3) is 0 Å². The predicted molar refractivity (Wildman–Crippen MR) is 75.8 cm³/mol. The second kappa shape index (κ2) is 8.15. The molecule has 0 spiro atoms. The van der Waals surface area contributed by atoms with Gasteiger partial charge >= 0.3 is 0 Å². The molecule has 0 aromatic rings. The van der Waals surface area contributed by atoms with Crippen LogP contribution in [0.15, 0.2) is 0 Å². The fourth-order valence-corrected chi connectivity index (χ4v) is 2.42. The summed E-state index contributed by atoms with van der Waals surface area (Å²) in [6, 6.07) is 0.00958. The fourth-order valence-electron chi connectivity index (χ4n) is 2.42. The van der Waals surface area contributed by atoms with Gasteiger partial charge in [-0.25, -0.2) is 0 Å². The molecule has 0 saturated heterocycles. The molecule has 1 unspecified atom stereocenters. The van der Waals surface area contributed by atoms with Crippen LogP contribution in [0.5, 0.6) is 0 Å². The Balaban J connectivity index is 2.27. The first-order valence-corrected chi connectivity index (χ1v) is 7.40. The first-order valence-electron chi connectivity index (χ1n) is 7.40. The van der Waals surface area contributed by atoms with E-state index in [1.54, 1.807) is 11.8 Å². The topological polar surface area (TPSA) is 61.4 Å². The third kappa shape index (κ3) is 5.19. The van der Waals surface area contributed by atoms with Gasteiger partial charge in [-0.05, 0) is 33.6 Å². The van der Waals surface area contributed by atoms with Gasteiger partial charge in [0.25, 0.3) is 0 Å². The minimum absolute atomic E-state index is 0.000697. The molecule has 5 nitrogen and oxygen atoms in total. The molecule has 1 rings (SSSR count). The smallest absolute Gasteiger partial charge is 0.237 e. The van der Waals surface area contributed by atoms with Crippen molar-refractivity contribution in [3.05, 3.63) is 0 Å². The van der Waals surface area contributed by atoms with E-state index in [9.17, 15) is 9.59 Å². The lowest BCUT2D eigenvalue weighted by Crippen LogP contribution is -2.48. The maximum Gasteiger partial charge on any atom is 0.237 e. The van der Waals surface area contributed by atoms with Gasteiger partial charge in [-0.1, -0.05) is 12.8 Å². The van der Waals surface area contributed by atoms with Crippen LogP contribution in [-0.4, -0.2) is 48.4 Å². The number of nitrogens with zero attached hydrogens (tertiary/aromatic N) is 1. The molecule has 1 aliphatic carbocycles. The number of carbonyl (C=O) groups is 2. The molecule has 0 aromatic carbocycles. The third-order valence-corrected chi connectivity index (χ3v) is 3.77. The van der Waals surface area contributed by atoms with Crippen LogP contribution in [0.4, 0.5) is 0 Å². The Morgan fingerprint density at radius 3 is 2.32 bits per heavy atom. The highest BCUT2D eigenvalue weighted by atomic mass is 16.2. The Morgan fingerprint density at radius 1 is 1.21 bits per heavy atom. The molecule has 19 heavy (non-hydrogen) atoms. The molecule has 2 amide bonds. The maximum absolute atomic E-state index is 11.9. The molecular formula is C14H27N3O2. The van der Waals surface area contributed by atoms with Crippen LogP contribution >= 0.6 is 0 Å². The van der Waals surface area contributed by atoms with E-state index in [0.717, 1.165) is 12.8 Å². The van der Waals surface area contributed by atoms with Crippen molar-refractivity contribution >= 4 is 11.8 Å². The summed E-state index contributed by atoms with van der Waals surface area (Å²) >= 11 is 0. The highest BCUT2D eigenvalue weighted by Gasteiger charge is 2.21. The number of likely N-dealkylation sites (N-methyl/N-ethyl adjacent to an activating group) is 1. The van der Waals surface area contributed by atoms with Gasteiger partial charge in [0.1, 0.15) is 0 Å². The lowest BCUT2D eigenvalue weighted by molar-refractivity contribution is -0.130. The monoisotopic (exact) mass is 269 g/mol. The normalized spacial score (nSPS) is 17.2. The molecule has 2 N–H and O–H groups in total. The van der Waals surface area contributed by atoms with Crippen LogP contribution in [0.1, 0.15) is 46.5 Å². The van der Waals surface area contributed by atoms with Gasteiger partial charge in [0.2, 0.25) is 11.8 Å². The second-order valence-electron chi connectivity index (χ2n) is 5.16. The summed E-state index contributed by atoms with van der Waals surface area (Å²) in [6.07, 6.45) is 4.56. The zero-order chi connectivity index (χ0) is 14.3. The van der Waals surface area contributed by atoms with E-state index in [0.29, 0.717) is 19.1 Å². The SMILES string of the molecule is CCN(CC)C(=O)CNC(C)C(=O)NC1CCCC1. The van der Waals surface area contributed by atoms with E-state index in [1.807, 2.05) is 13.8 Å². The van der Waals surface area contributed by atoms with Crippen LogP contribution in [-0.2, 0) is 9.59 Å². The third-order valence-electron chi connectivity index (χ3n) is 3.77. The highest BCUT2D eigenvalue weighted by molar-refractivity contribution is 5.83. The van der Waals surface area contributed by atoms with E-state index >= 15 is 0 Å². The Bertz CT molecular complexity index is 297. The molecule has 0 aromatic heterocycles. The van der Waals surface area contributed by atoms with E-state index in [4.69, 9.17) is 0 Å². The van der Waals surface area contributed by atoms with Gasteiger partial charge in [-0.15, -0.1) is 0 Å². The van der Waals surface area contributed by atoms with E-state index in [2.05, 4.69) is 10.6 Å². The Hall–Kier alpha value is -1.10. The molecule has 5 heteroatoms. The molecule has 1 saturated carbocycles. The first-order chi connectivity index (χ1) is 9.08. The van der Waals surface area contributed by atoms with Crippen molar-refractivity contribution in [1.82, 2.24) is 15.5 Å². The molecule has 110 valence electrons. The van der Waals surface area contributed by atoms with E-state index < -0.39 is 0 Å². The Labute approximate surface area is 116 Å². The van der Waals surface area contributed by atoms with Gasteiger partial charge in [0.15, 0.2) is 0 Å². The average molecular weight is 269 g/mol. The minimum atomic E-state index is -0.319. The molecule has 0 radical (unpaired) electrons. The van der Waals surface area contributed by atoms with Crippen molar-refractivity contribution in [2.75, 3.05) is 19.6 Å². The molecule has 1 atom stereocenters.